The number of anilines is 4. The zero-order chi connectivity index (χ0) is 27.2. The molecule has 1 fully saturated rings. The van der Waals surface area contributed by atoms with Gasteiger partial charge in [0.2, 0.25) is 5.95 Å². The highest BCUT2D eigenvalue weighted by atomic mass is 19.1. The molecular formula is C30H31FN6O2. The van der Waals surface area contributed by atoms with Crippen LogP contribution in [0.3, 0.4) is 0 Å². The van der Waals surface area contributed by atoms with Crippen molar-refractivity contribution in [1.29, 1.82) is 0 Å². The molecule has 200 valence electrons. The third kappa shape index (κ3) is 6.50. The van der Waals surface area contributed by atoms with Crippen LogP contribution in [0, 0.1) is 5.82 Å². The molecule has 2 heterocycles. The fourth-order valence-electron chi connectivity index (χ4n) is 4.52. The molecule has 0 saturated carbocycles. The summed E-state index contributed by atoms with van der Waals surface area (Å²) < 4.78 is 19.9. The third-order valence-electron chi connectivity index (χ3n) is 6.51. The first-order chi connectivity index (χ1) is 19.0. The molecule has 1 unspecified atom stereocenters. The van der Waals surface area contributed by atoms with Crippen LogP contribution in [0.1, 0.15) is 25.0 Å². The van der Waals surface area contributed by atoms with E-state index in [-0.39, 0.29) is 23.6 Å². The molecule has 1 saturated heterocycles. The van der Waals surface area contributed by atoms with Gasteiger partial charge in [0, 0.05) is 24.5 Å². The molecule has 0 amide bonds. The van der Waals surface area contributed by atoms with Crippen molar-refractivity contribution in [2.24, 2.45) is 5.10 Å². The minimum Gasteiger partial charge on any atom is -0.508 e. The Morgan fingerprint density at radius 2 is 1.92 bits per heavy atom. The Morgan fingerprint density at radius 3 is 2.69 bits per heavy atom. The summed E-state index contributed by atoms with van der Waals surface area (Å²) in [5.74, 6) is 0.256. The number of aryl methyl sites for hydroxylation is 1. The first kappa shape index (κ1) is 26.1. The van der Waals surface area contributed by atoms with Gasteiger partial charge in [0.25, 0.3) is 0 Å². The van der Waals surface area contributed by atoms with Crippen LogP contribution in [-0.2, 0) is 11.2 Å². The molecule has 1 aliphatic rings. The van der Waals surface area contributed by atoms with Gasteiger partial charge < -0.3 is 20.1 Å². The number of halogens is 1. The molecule has 4 aromatic rings. The summed E-state index contributed by atoms with van der Waals surface area (Å²) in [5, 5.41) is 17.5. The summed E-state index contributed by atoms with van der Waals surface area (Å²) in [7, 11) is 0. The zero-order valence-electron chi connectivity index (χ0n) is 21.9. The van der Waals surface area contributed by atoms with Crippen LogP contribution in [0.15, 0.2) is 78.0 Å². The number of hydrazone groups is 1. The number of aromatic hydroxyl groups is 1. The number of benzene rings is 3. The lowest BCUT2D eigenvalue weighted by Crippen LogP contribution is -2.42. The largest absolute Gasteiger partial charge is 0.508 e. The van der Waals surface area contributed by atoms with Gasteiger partial charge in [-0.3, -0.25) is 0 Å². The number of rotatable bonds is 8. The standard InChI is InChI=1S/C30H31FN6O2/c1-3-21-15-26(34-25-10-7-22(8-11-25)23-5-4-6-27(38)16-23)12-9-24(21)17-33-36-30-32-18-28(31)29(35-30)37-13-14-39-20(2)19-37/h4-12,15-18,20,34,38H,3,13-14,19H2,1-2H3,(H,32,35,36)/b33-17+. The van der Waals surface area contributed by atoms with Gasteiger partial charge in [-0.05, 0) is 72.0 Å². The molecule has 0 bridgehead atoms. The lowest BCUT2D eigenvalue weighted by molar-refractivity contribution is 0.0527. The molecule has 1 aromatic heterocycles. The fourth-order valence-corrected chi connectivity index (χ4v) is 4.52. The monoisotopic (exact) mass is 526 g/mol. The average molecular weight is 527 g/mol. The Balaban J connectivity index is 1.24. The van der Waals surface area contributed by atoms with Crippen molar-refractivity contribution in [3.8, 4) is 16.9 Å². The second-order valence-electron chi connectivity index (χ2n) is 9.38. The maximum Gasteiger partial charge on any atom is 0.245 e. The summed E-state index contributed by atoms with van der Waals surface area (Å²) >= 11 is 0. The van der Waals surface area contributed by atoms with Gasteiger partial charge in [-0.2, -0.15) is 10.1 Å². The first-order valence-corrected chi connectivity index (χ1v) is 13.0. The van der Waals surface area contributed by atoms with Crippen LogP contribution < -0.4 is 15.6 Å². The molecular weight excluding hydrogens is 495 g/mol. The van der Waals surface area contributed by atoms with E-state index in [1.807, 2.05) is 60.4 Å². The van der Waals surface area contributed by atoms with Crippen molar-refractivity contribution in [2.45, 2.75) is 26.4 Å². The minimum atomic E-state index is -0.469. The average Bonchev–Trinajstić information content (AvgIpc) is 2.95. The molecule has 3 aromatic carbocycles. The van der Waals surface area contributed by atoms with Gasteiger partial charge in [0.15, 0.2) is 11.6 Å². The van der Waals surface area contributed by atoms with Crippen LogP contribution in [0.2, 0.25) is 0 Å². The van der Waals surface area contributed by atoms with Gasteiger partial charge >= 0.3 is 0 Å². The van der Waals surface area contributed by atoms with Crippen molar-refractivity contribution in [2.75, 3.05) is 35.3 Å². The summed E-state index contributed by atoms with van der Waals surface area (Å²) in [6.45, 7) is 5.71. The first-order valence-electron chi connectivity index (χ1n) is 13.0. The van der Waals surface area contributed by atoms with Gasteiger partial charge in [0.1, 0.15) is 5.75 Å². The van der Waals surface area contributed by atoms with Crippen LogP contribution in [0.5, 0.6) is 5.75 Å². The Kier molecular flexibility index (Phi) is 7.98. The van der Waals surface area contributed by atoms with E-state index < -0.39 is 5.82 Å². The smallest absolute Gasteiger partial charge is 0.245 e. The van der Waals surface area contributed by atoms with Crippen molar-refractivity contribution < 1.29 is 14.2 Å². The van der Waals surface area contributed by atoms with Gasteiger partial charge in [-0.1, -0.05) is 37.3 Å². The Hall–Kier alpha value is -4.50. The number of phenolic OH excluding ortho intramolecular Hbond substituents is 1. The van der Waals surface area contributed by atoms with Crippen LogP contribution >= 0.6 is 0 Å². The van der Waals surface area contributed by atoms with Crippen molar-refractivity contribution in [3.63, 3.8) is 0 Å². The summed E-state index contributed by atoms with van der Waals surface area (Å²) in [4.78, 5) is 10.2. The van der Waals surface area contributed by atoms with E-state index in [1.54, 1.807) is 18.3 Å². The normalized spacial score (nSPS) is 15.5. The predicted molar refractivity (Wildman–Crippen MR) is 153 cm³/mol. The second kappa shape index (κ2) is 11.9. The highest BCUT2D eigenvalue weighted by Crippen LogP contribution is 2.26. The number of nitrogens with one attached hydrogen (secondary N) is 2. The van der Waals surface area contributed by atoms with Gasteiger partial charge in [-0.25, -0.2) is 14.8 Å². The van der Waals surface area contributed by atoms with Crippen LogP contribution in [0.25, 0.3) is 11.1 Å². The van der Waals surface area contributed by atoms with Crippen molar-refractivity contribution in [1.82, 2.24) is 9.97 Å². The molecule has 0 aliphatic carbocycles. The number of morpholine rings is 1. The van der Waals surface area contributed by atoms with E-state index in [2.05, 4.69) is 38.8 Å². The van der Waals surface area contributed by atoms with E-state index in [9.17, 15) is 9.50 Å². The maximum absolute atomic E-state index is 14.4. The van der Waals surface area contributed by atoms with E-state index in [0.717, 1.165) is 46.2 Å². The Morgan fingerprint density at radius 1 is 1.10 bits per heavy atom. The summed E-state index contributed by atoms with van der Waals surface area (Å²) in [6, 6.07) is 21.4. The Labute approximate surface area is 227 Å². The number of hydrogen-bond acceptors (Lipinski definition) is 8. The topological polar surface area (TPSA) is 94.9 Å². The van der Waals surface area contributed by atoms with E-state index >= 15 is 0 Å². The van der Waals surface area contributed by atoms with Gasteiger partial charge in [0.05, 0.1) is 25.1 Å². The lowest BCUT2D eigenvalue weighted by Gasteiger charge is -2.32. The fraction of sp³-hybridized carbons (Fsp3) is 0.233. The molecule has 39 heavy (non-hydrogen) atoms. The zero-order valence-corrected chi connectivity index (χ0v) is 21.9. The molecule has 9 heteroatoms. The second-order valence-corrected chi connectivity index (χ2v) is 9.38. The van der Waals surface area contributed by atoms with E-state index in [0.29, 0.717) is 19.7 Å². The third-order valence-corrected chi connectivity index (χ3v) is 6.51. The highest BCUT2D eigenvalue weighted by Gasteiger charge is 2.21. The SMILES string of the molecule is CCc1cc(Nc2ccc(-c3cccc(O)c3)cc2)ccc1/C=N/Nc1ncc(F)c(N2CCOC(C)C2)n1. The van der Waals surface area contributed by atoms with Gasteiger partial charge in [-0.15, -0.1) is 0 Å². The molecule has 0 radical (unpaired) electrons. The van der Waals surface area contributed by atoms with E-state index in [4.69, 9.17) is 4.74 Å². The number of aromatic nitrogens is 2. The van der Waals surface area contributed by atoms with Crippen LogP contribution in [-0.4, -0.2) is 47.1 Å². The predicted octanol–water partition coefficient (Wildman–Crippen LogP) is 5.97. The molecule has 3 N–H and O–H groups in total. The molecule has 5 rings (SSSR count). The van der Waals surface area contributed by atoms with Crippen LogP contribution in [0.4, 0.5) is 27.5 Å². The molecule has 1 aliphatic heterocycles. The minimum absolute atomic E-state index is 0.0107. The highest BCUT2D eigenvalue weighted by molar-refractivity contribution is 5.83. The Bertz CT molecular complexity index is 1460. The molecule has 0 spiro atoms. The summed E-state index contributed by atoms with van der Waals surface area (Å²) in [6.07, 6.45) is 3.71. The maximum atomic E-state index is 14.4. The molecule has 8 nitrogen and oxygen atoms in total. The number of phenols is 1. The van der Waals surface area contributed by atoms with E-state index in [1.165, 1.54) is 0 Å². The molecule has 1 atom stereocenters. The number of ether oxygens (including phenoxy) is 1. The summed E-state index contributed by atoms with van der Waals surface area (Å²) in [5.41, 5.74) is 8.82. The van der Waals surface area contributed by atoms with Crippen molar-refractivity contribution in [3.05, 3.63) is 89.9 Å². The lowest BCUT2D eigenvalue weighted by atomic mass is 10.0. The number of hydrogen-bond donors (Lipinski definition) is 3. The quantitative estimate of drug-likeness (QED) is 0.192. The van der Waals surface area contributed by atoms with Crippen molar-refractivity contribution >= 4 is 29.4 Å². The number of nitrogens with zero attached hydrogens (tertiary/aromatic N) is 4.